The highest BCUT2D eigenvalue weighted by Crippen LogP contribution is 2.42. The Morgan fingerprint density at radius 3 is 2.43 bits per heavy atom. The second kappa shape index (κ2) is 11.1. The number of halogens is 1. The smallest absolute Gasteiger partial charge is 0.295 e. The number of methoxy groups -OCH3 is 1. The third-order valence-electron chi connectivity index (χ3n) is 6.48. The fourth-order valence-electron chi connectivity index (χ4n) is 4.66. The van der Waals surface area contributed by atoms with E-state index in [1.807, 2.05) is 13.0 Å². The monoisotopic (exact) mass is 498 g/mol. The predicted octanol–water partition coefficient (Wildman–Crippen LogP) is 4.65. The average molecular weight is 499 g/mol. The van der Waals surface area contributed by atoms with Crippen LogP contribution >= 0.6 is 11.6 Å². The molecule has 0 aromatic heterocycles. The average Bonchev–Trinajstić information content (AvgIpc) is 3.48. The fraction of sp³-hybridized carbons (Fsp3) is 0.407. The SMILES string of the molecule is CCCOc1ccc(C2/C(=C(\O)c3ccc(Cl)cc3)C(=O)C(=O)N2CCN2CCCC2)cc1OC. The first-order valence-electron chi connectivity index (χ1n) is 12.0. The van der Waals surface area contributed by atoms with Gasteiger partial charge in [0.05, 0.1) is 25.3 Å². The number of carbonyl (C=O) groups is 2. The number of benzene rings is 2. The topological polar surface area (TPSA) is 79.3 Å². The quantitative estimate of drug-likeness (QED) is 0.308. The maximum atomic E-state index is 13.2. The molecule has 1 unspecified atom stereocenters. The molecule has 2 saturated heterocycles. The van der Waals surface area contributed by atoms with Crippen LogP contribution in [0.15, 0.2) is 48.0 Å². The second-order valence-electron chi connectivity index (χ2n) is 8.81. The van der Waals surface area contributed by atoms with Gasteiger partial charge in [0.2, 0.25) is 0 Å². The van der Waals surface area contributed by atoms with E-state index in [0.29, 0.717) is 47.3 Å². The van der Waals surface area contributed by atoms with Crippen molar-refractivity contribution in [2.45, 2.75) is 32.2 Å². The number of carbonyl (C=O) groups excluding carboxylic acids is 2. The Kier molecular flexibility index (Phi) is 7.98. The van der Waals surface area contributed by atoms with E-state index in [0.717, 1.165) is 32.4 Å². The minimum Gasteiger partial charge on any atom is -0.507 e. The van der Waals surface area contributed by atoms with Crippen LogP contribution in [0.3, 0.4) is 0 Å². The fourth-order valence-corrected chi connectivity index (χ4v) is 4.79. The molecule has 7 nitrogen and oxygen atoms in total. The van der Waals surface area contributed by atoms with Crippen LogP contribution < -0.4 is 9.47 Å². The number of rotatable bonds is 9. The maximum absolute atomic E-state index is 13.2. The summed E-state index contributed by atoms with van der Waals surface area (Å²) in [5.74, 6) is -0.444. The Bertz CT molecular complexity index is 1110. The Morgan fingerprint density at radius 2 is 1.77 bits per heavy atom. The van der Waals surface area contributed by atoms with Crippen molar-refractivity contribution < 1.29 is 24.2 Å². The summed E-state index contributed by atoms with van der Waals surface area (Å²) in [6.07, 6.45) is 3.12. The summed E-state index contributed by atoms with van der Waals surface area (Å²) >= 11 is 6.01. The lowest BCUT2D eigenvalue weighted by Crippen LogP contribution is -2.37. The van der Waals surface area contributed by atoms with Gasteiger partial charge in [-0.15, -0.1) is 0 Å². The molecule has 2 aliphatic heterocycles. The van der Waals surface area contributed by atoms with Crippen LogP contribution in [0.5, 0.6) is 11.5 Å². The zero-order valence-electron chi connectivity index (χ0n) is 20.1. The first kappa shape index (κ1) is 25.1. The number of likely N-dealkylation sites (tertiary alicyclic amines) is 2. The number of ketones is 1. The number of nitrogens with zero attached hydrogens (tertiary/aromatic N) is 2. The Hall–Kier alpha value is -3.03. The van der Waals surface area contributed by atoms with Crippen molar-refractivity contribution in [3.63, 3.8) is 0 Å². The first-order chi connectivity index (χ1) is 16.9. The third kappa shape index (κ3) is 5.31. The van der Waals surface area contributed by atoms with E-state index in [2.05, 4.69) is 4.90 Å². The van der Waals surface area contributed by atoms with Gasteiger partial charge in [0, 0.05) is 23.7 Å². The molecular formula is C27H31ClN2O5. The molecule has 0 saturated carbocycles. The minimum atomic E-state index is -0.748. The van der Waals surface area contributed by atoms with E-state index in [9.17, 15) is 14.7 Å². The molecule has 2 fully saturated rings. The molecule has 35 heavy (non-hydrogen) atoms. The molecule has 2 aliphatic rings. The Balaban J connectivity index is 1.77. The van der Waals surface area contributed by atoms with Crippen molar-refractivity contribution in [2.75, 3.05) is 39.9 Å². The lowest BCUT2D eigenvalue weighted by molar-refractivity contribution is -0.140. The van der Waals surface area contributed by atoms with Crippen molar-refractivity contribution in [2.24, 2.45) is 0 Å². The van der Waals surface area contributed by atoms with Gasteiger partial charge < -0.3 is 24.4 Å². The Morgan fingerprint density at radius 1 is 1.06 bits per heavy atom. The Labute approximate surface area is 210 Å². The summed E-state index contributed by atoms with van der Waals surface area (Å²) in [6.45, 7) is 5.57. The number of Topliss-reactive ketones (excluding diaryl/α,β-unsaturated/α-hetero) is 1. The summed E-state index contributed by atoms with van der Waals surface area (Å²) in [7, 11) is 1.55. The standard InChI is InChI=1S/C27H31ClN2O5/c1-3-16-35-21-11-8-19(17-22(21)34-2)24-23(25(31)18-6-9-20(28)10-7-18)26(32)27(33)30(24)15-14-29-12-4-5-13-29/h6-11,17,24,31H,3-5,12-16H2,1-2H3/b25-23+. The molecule has 4 rings (SSSR count). The van der Waals surface area contributed by atoms with Gasteiger partial charge in [-0.1, -0.05) is 24.6 Å². The largest absolute Gasteiger partial charge is 0.507 e. The van der Waals surface area contributed by atoms with Gasteiger partial charge in [-0.05, 0) is 74.3 Å². The molecule has 1 N–H and O–H groups in total. The molecule has 186 valence electrons. The van der Waals surface area contributed by atoms with Crippen LogP contribution in [0, 0.1) is 0 Å². The summed E-state index contributed by atoms with van der Waals surface area (Å²) in [5, 5.41) is 11.7. The molecule has 1 atom stereocenters. The van der Waals surface area contributed by atoms with Gasteiger partial charge >= 0.3 is 0 Å². The highest BCUT2D eigenvalue weighted by Gasteiger charge is 2.46. The lowest BCUT2D eigenvalue weighted by Gasteiger charge is -2.28. The number of ether oxygens (including phenoxy) is 2. The molecule has 0 radical (unpaired) electrons. The molecular weight excluding hydrogens is 468 g/mol. The molecule has 2 aromatic rings. The highest BCUT2D eigenvalue weighted by molar-refractivity contribution is 6.46. The van der Waals surface area contributed by atoms with E-state index in [1.165, 1.54) is 0 Å². The number of amides is 1. The number of aliphatic hydroxyl groups excluding tert-OH is 1. The van der Waals surface area contributed by atoms with Gasteiger partial charge in [-0.3, -0.25) is 9.59 Å². The van der Waals surface area contributed by atoms with E-state index in [4.69, 9.17) is 21.1 Å². The molecule has 0 aliphatic carbocycles. The van der Waals surface area contributed by atoms with Gasteiger partial charge in [0.15, 0.2) is 11.5 Å². The molecule has 1 amide bonds. The van der Waals surface area contributed by atoms with Gasteiger partial charge in [0.25, 0.3) is 11.7 Å². The van der Waals surface area contributed by atoms with E-state index >= 15 is 0 Å². The van der Waals surface area contributed by atoms with Gasteiger partial charge in [0.1, 0.15) is 5.76 Å². The van der Waals surface area contributed by atoms with Crippen LogP contribution in [0.25, 0.3) is 5.76 Å². The van der Waals surface area contributed by atoms with Crippen LogP contribution in [0.1, 0.15) is 43.4 Å². The van der Waals surface area contributed by atoms with E-state index in [-0.39, 0.29) is 11.3 Å². The summed E-state index contributed by atoms with van der Waals surface area (Å²) < 4.78 is 11.3. The maximum Gasteiger partial charge on any atom is 0.295 e. The van der Waals surface area contributed by atoms with Crippen LogP contribution in [0.4, 0.5) is 0 Å². The van der Waals surface area contributed by atoms with Crippen molar-refractivity contribution >= 4 is 29.1 Å². The predicted molar refractivity (Wildman–Crippen MR) is 135 cm³/mol. The molecule has 2 heterocycles. The lowest BCUT2D eigenvalue weighted by atomic mass is 9.95. The van der Waals surface area contributed by atoms with Gasteiger partial charge in [-0.2, -0.15) is 0 Å². The van der Waals surface area contributed by atoms with Crippen molar-refractivity contribution in [3.8, 4) is 11.5 Å². The summed E-state index contributed by atoms with van der Waals surface area (Å²) in [5.41, 5.74) is 1.15. The minimum absolute atomic E-state index is 0.0584. The van der Waals surface area contributed by atoms with E-state index in [1.54, 1.807) is 48.4 Å². The third-order valence-corrected chi connectivity index (χ3v) is 6.73. The molecule has 2 aromatic carbocycles. The molecule has 0 bridgehead atoms. The summed E-state index contributed by atoms with van der Waals surface area (Å²) in [6, 6.07) is 11.2. The highest BCUT2D eigenvalue weighted by atomic mass is 35.5. The van der Waals surface area contributed by atoms with Crippen LogP contribution in [-0.2, 0) is 9.59 Å². The zero-order chi connectivity index (χ0) is 24.9. The number of aliphatic hydroxyl groups is 1. The van der Waals surface area contributed by atoms with Gasteiger partial charge in [-0.25, -0.2) is 0 Å². The second-order valence-corrected chi connectivity index (χ2v) is 9.24. The zero-order valence-corrected chi connectivity index (χ0v) is 20.9. The molecule has 0 spiro atoms. The number of hydrogen-bond donors (Lipinski definition) is 1. The van der Waals surface area contributed by atoms with Crippen molar-refractivity contribution in [1.82, 2.24) is 9.80 Å². The number of hydrogen-bond acceptors (Lipinski definition) is 6. The summed E-state index contributed by atoms with van der Waals surface area (Å²) in [4.78, 5) is 30.3. The van der Waals surface area contributed by atoms with E-state index < -0.39 is 17.7 Å². The van der Waals surface area contributed by atoms with Crippen LogP contribution in [-0.4, -0.2) is 66.5 Å². The van der Waals surface area contributed by atoms with Crippen molar-refractivity contribution in [1.29, 1.82) is 0 Å². The normalized spacial score (nSPS) is 20.0. The molecule has 8 heteroatoms. The van der Waals surface area contributed by atoms with Crippen molar-refractivity contribution in [3.05, 3.63) is 64.2 Å². The van der Waals surface area contributed by atoms with Crippen LogP contribution in [0.2, 0.25) is 5.02 Å². The first-order valence-corrected chi connectivity index (χ1v) is 12.4.